The first-order valence-electron chi connectivity index (χ1n) is 9.19. The Bertz CT molecular complexity index is 867. The second kappa shape index (κ2) is 12.9. The molecule has 0 spiro atoms. The van der Waals surface area contributed by atoms with Gasteiger partial charge in [-0.1, -0.05) is 42.4 Å². The van der Waals surface area contributed by atoms with E-state index in [0.717, 1.165) is 6.07 Å². The van der Waals surface area contributed by atoms with Gasteiger partial charge in [0, 0.05) is 10.5 Å². The van der Waals surface area contributed by atoms with Crippen molar-refractivity contribution in [1.29, 1.82) is 5.26 Å². The van der Waals surface area contributed by atoms with Crippen LogP contribution in [0.3, 0.4) is 0 Å². The summed E-state index contributed by atoms with van der Waals surface area (Å²) in [6, 6.07) is 3.11. The van der Waals surface area contributed by atoms with Crippen LogP contribution in [0.15, 0.2) is 12.1 Å². The van der Waals surface area contributed by atoms with E-state index in [0.29, 0.717) is 0 Å². The summed E-state index contributed by atoms with van der Waals surface area (Å²) in [7, 11) is 5.56. The summed E-state index contributed by atoms with van der Waals surface area (Å²) in [5.41, 5.74) is -0.248. The molecule has 1 unspecified atom stereocenters. The van der Waals surface area contributed by atoms with Gasteiger partial charge in [-0.3, -0.25) is 10.1 Å². The van der Waals surface area contributed by atoms with Crippen molar-refractivity contribution in [3.8, 4) is 17.6 Å². The summed E-state index contributed by atoms with van der Waals surface area (Å²) in [4.78, 5) is 35.2. The second-order valence-electron chi connectivity index (χ2n) is 7.11. The SMILES string of the molecule is COc1cc(COC(=O)NC(CSSC(C)(C)C)C(=O)OCC#N)c([N+](=O)[O-])cc1OC. The van der Waals surface area contributed by atoms with Crippen LogP contribution in [0, 0.1) is 21.4 Å². The lowest BCUT2D eigenvalue weighted by Gasteiger charge is -2.20. The molecule has 0 radical (unpaired) electrons. The van der Waals surface area contributed by atoms with E-state index in [1.54, 1.807) is 6.07 Å². The van der Waals surface area contributed by atoms with Gasteiger partial charge >= 0.3 is 12.1 Å². The minimum absolute atomic E-state index is 0.0732. The minimum Gasteiger partial charge on any atom is -0.493 e. The number of benzene rings is 1. The van der Waals surface area contributed by atoms with Crippen LogP contribution in [0.2, 0.25) is 0 Å². The van der Waals surface area contributed by atoms with E-state index in [1.807, 2.05) is 20.8 Å². The van der Waals surface area contributed by atoms with Gasteiger partial charge in [0.05, 0.1) is 30.8 Å². The van der Waals surface area contributed by atoms with Gasteiger partial charge in [0.25, 0.3) is 5.69 Å². The molecule has 0 aromatic heterocycles. The molecule has 1 N–H and O–H groups in total. The molecule has 11 nitrogen and oxygen atoms in total. The Morgan fingerprint density at radius 3 is 2.38 bits per heavy atom. The van der Waals surface area contributed by atoms with Crippen LogP contribution in [0.5, 0.6) is 11.5 Å². The first kappa shape index (κ1) is 27.2. The highest BCUT2D eigenvalue weighted by molar-refractivity contribution is 8.77. The molecule has 1 aromatic carbocycles. The number of amides is 1. The third-order valence-electron chi connectivity index (χ3n) is 3.54. The van der Waals surface area contributed by atoms with Crippen molar-refractivity contribution in [2.75, 3.05) is 26.6 Å². The van der Waals surface area contributed by atoms with Gasteiger partial charge in [-0.25, -0.2) is 9.59 Å². The van der Waals surface area contributed by atoms with Crippen LogP contribution in [0.1, 0.15) is 26.3 Å². The average Bonchev–Trinajstić information content (AvgIpc) is 2.73. The molecule has 0 saturated heterocycles. The van der Waals surface area contributed by atoms with Crippen molar-refractivity contribution >= 4 is 39.3 Å². The molecule has 0 fully saturated rings. The van der Waals surface area contributed by atoms with E-state index < -0.39 is 36.2 Å². The predicted molar refractivity (Wildman–Crippen MR) is 120 cm³/mol. The third-order valence-corrected chi connectivity index (χ3v) is 6.89. The quantitative estimate of drug-likeness (QED) is 0.211. The number of alkyl carbamates (subject to hydrolysis) is 1. The molecular weight excluding hydrogens is 462 g/mol. The second-order valence-corrected chi connectivity index (χ2v) is 10.3. The van der Waals surface area contributed by atoms with Gasteiger partial charge in [-0.15, -0.1) is 0 Å². The minimum atomic E-state index is -1.07. The molecule has 0 bridgehead atoms. The van der Waals surface area contributed by atoms with Crippen molar-refractivity contribution < 1.29 is 33.5 Å². The molecule has 0 heterocycles. The third kappa shape index (κ3) is 9.11. The first-order valence-corrected chi connectivity index (χ1v) is 11.5. The van der Waals surface area contributed by atoms with E-state index in [1.165, 1.54) is 41.9 Å². The van der Waals surface area contributed by atoms with Crippen LogP contribution in [0.25, 0.3) is 0 Å². The summed E-state index contributed by atoms with van der Waals surface area (Å²) in [6.07, 6.45) is -0.977. The predicted octanol–water partition coefficient (Wildman–Crippen LogP) is 3.45. The van der Waals surface area contributed by atoms with Crippen LogP contribution in [-0.2, 0) is 20.9 Å². The number of nitrogens with zero attached hydrogens (tertiary/aromatic N) is 2. The summed E-state index contributed by atoms with van der Waals surface area (Å²) in [6.45, 7) is 5.07. The van der Waals surface area contributed by atoms with Crippen molar-refractivity contribution in [3.05, 3.63) is 27.8 Å². The van der Waals surface area contributed by atoms with Crippen molar-refractivity contribution in [3.63, 3.8) is 0 Å². The number of hydrogen-bond donors (Lipinski definition) is 1. The van der Waals surface area contributed by atoms with Crippen molar-refractivity contribution in [1.82, 2.24) is 5.32 Å². The van der Waals surface area contributed by atoms with Gasteiger partial charge in [-0.2, -0.15) is 5.26 Å². The first-order chi connectivity index (χ1) is 15.0. The number of carbonyl (C=O) groups is 2. The Balaban J connectivity index is 2.88. The Labute approximate surface area is 193 Å². The Kier molecular flexibility index (Phi) is 10.9. The highest BCUT2D eigenvalue weighted by Gasteiger charge is 2.26. The van der Waals surface area contributed by atoms with Gasteiger partial charge in [0.2, 0.25) is 0 Å². The van der Waals surface area contributed by atoms with E-state index in [9.17, 15) is 19.7 Å². The maximum atomic E-state index is 12.3. The average molecular weight is 488 g/mol. The number of carbonyl (C=O) groups excluding carboxylic acids is 2. The molecule has 13 heteroatoms. The molecule has 1 amide bonds. The van der Waals surface area contributed by atoms with Crippen LogP contribution in [-0.4, -0.2) is 54.4 Å². The zero-order valence-electron chi connectivity index (χ0n) is 18.3. The lowest BCUT2D eigenvalue weighted by atomic mass is 10.1. The number of nitriles is 1. The molecular formula is C19H25N3O8S2. The molecule has 0 aliphatic rings. The normalized spacial score (nSPS) is 11.6. The zero-order chi connectivity index (χ0) is 24.3. The molecule has 0 aliphatic carbocycles. The Hall–Kier alpha value is -2.85. The van der Waals surface area contributed by atoms with Gasteiger partial charge in [-0.05, 0) is 6.07 Å². The molecule has 1 rings (SSSR count). The number of ether oxygens (including phenoxy) is 4. The zero-order valence-corrected chi connectivity index (χ0v) is 20.0. The lowest BCUT2D eigenvalue weighted by molar-refractivity contribution is -0.385. The maximum absolute atomic E-state index is 12.3. The van der Waals surface area contributed by atoms with Crippen LogP contribution < -0.4 is 14.8 Å². The number of nitrogens with one attached hydrogen (secondary N) is 1. The molecule has 0 aliphatic heterocycles. The van der Waals surface area contributed by atoms with Gasteiger partial charge in [0.1, 0.15) is 18.7 Å². The van der Waals surface area contributed by atoms with Crippen molar-refractivity contribution in [2.45, 2.75) is 38.2 Å². The molecule has 1 aromatic rings. The number of hydrogen-bond acceptors (Lipinski definition) is 11. The fourth-order valence-corrected chi connectivity index (χ4v) is 4.62. The Morgan fingerprint density at radius 2 is 1.84 bits per heavy atom. The summed E-state index contributed by atoms with van der Waals surface area (Å²) < 4.78 is 20.0. The molecule has 1 atom stereocenters. The fraction of sp³-hybridized carbons (Fsp3) is 0.526. The number of esters is 1. The van der Waals surface area contributed by atoms with Gasteiger partial charge in [0.15, 0.2) is 18.1 Å². The monoisotopic (exact) mass is 487 g/mol. The number of nitro benzene ring substituents is 1. The number of nitro groups is 1. The van der Waals surface area contributed by atoms with E-state index in [-0.39, 0.29) is 33.2 Å². The number of rotatable bonds is 11. The van der Waals surface area contributed by atoms with E-state index in [2.05, 4.69) is 5.32 Å². The fourth-order valence-electron chi connectivity index (χ4n) is 2.17. The summed E-state index contributed by atoms with van der Waals surface area (Å²) >= 11 is 0. The largest absolute Gasteiger partial charge is 0.493 e. The molecule has 176 valence electrons. The number of methoxy groups -OCH3 is 2. The lowest BCUT2D eigenvalue weighted by Crippen LogP contribution is -2.43. The summed E-state index contributed by atoms with van der Waals surface area (Å²) in [5.74, 6) is -0.244. The molecule has 32 heavy (non-hydrogen) atoms. The molecule has 0 saturated carbocycles. The Morgan fingerprint density at radius 1 is 1.22 bits per heavy atom. The van der Waals surface area contributed by atoms with Gasteiger partial charge < -0.3 is 24.3 Å². The summed E-state index contributed by atoms with van der Waals surface area (Å²) in [5, 5.41) is 22.3. The van der Waals surface area contributed by atoms with Crippen LogP contribution in [0.4, 0.5) is 10.5 Å². The smallest absolute Gasteiger partial charge is 0.408 e. The van der Waals surface area contributed by atoms with Crippen LogP contribution >= 0.6 is 21.6 Å². The van der Waals surface area contributed by atoms with E-state index in [4.69, 9.17) is 24.2 Å². The highest BCUT2D eigenvalue weighted by Crippen LogP contribution is 2.36. The highest BCUT2D eigenvalue weighted by atomic mass is 33.1. The van der Waals surface area contributed by atoms with Crippen molar-refractivity contribution in [2.24, 2.45) is 0 Å². The maximum Gasteiger partial charge on any atom is 0.408 e. The van der Waals surface area contributed by atoms with E-state index >= 15 is 0 Å². The standard InChI is InChI=1S/C19H25N3O8S2/c1-19(2,3)32-31-11-13(17(23)29-7-6-20)21-18(24)30-10-12-8-15(27-4)16(28-5)9-14(12)22(25)26/h8-9,13H,7,10-11H2,1-5H3,(H,21,24). The topological polar surface area (TPSA) is 150 Å².